The van der Waals surface area contributed by atoms with Crippen LogP contribution < -0.4 is 39.1 Å². The first-order valence-electron chi connectivity index (χ1n) is 10.0. The van der Waals surface area contributed by atoms with Gasteiger partial charge in [0.25, 0.3) is 0 Å². The van der Waals surface area contributed by atoms with E-state index in [0.717, 1.165) is 17.7 Å². The highest BCUT2D eigenvalue weighted by molar-refractivity contribution is 5.54. The van der Waals surface area contributed by atoms with Crippen LogP contribution in [0.25, 0.3) is 0 Å². The van der Waals surface area contributed by atoms with Gasteiger partial charge < -0.3 is 39.1 Å². The van der Waals surface area contributed by atoms with Gasteiger partial charge in [0.2, 0.25) is 11.5 Å². The maximum atomic E-state index is 5.42. The molecule has 0 amide bonds. The topological polar surface area (TPSA) is 79.4 Å². The molecule has 8 heteroatoms. The summed E-state index contributed by atoms with van der Waals surface area (Å²) in [4.78, 5) is 0. The van der Waals surface area contributed by atoms with Gasteiger partial charge in [0, 0.05) is 25.7 Å². The molecule has 1 unspecified atom stereocenters. The lowest BCUT2D eigenvalue weighted by Gasteiger charge is -2.18. The van der Waals surface area contributed by atoms with Crippen molar-refractivity contribution in [2.45, 2.75) is 26.1 Å². The fraction of sp³-hybridized carbons (Fsp3) is 0.478. The van der Waals surface area contributed by atoms with Crippen molar-refractivity contribution in [1.29, 1.82) is 0 Å². The molecule has 0 fully saturated rings. The van der Waals surface area contributed by atoms with Crippen molar-refractivity contribution in [3.63, 3.8) is 0 Å². The third-order valence-electron chi connectivity index (χ3n) is 4.88. The van der Waals surface area contributed by atoms with Crippen molar-refractivity contribution in [2.75, 3.05) is 49.2 Å². The molecule has 2 N–H and O–H groups in total. The van der Waals surface area contributed by atoms with E-state index in [-0.39, 0.29) is 6.04 Å². The Morgan fingerprint density at radius 1 is 0.613 bits per heavy atom. The Hall–Kier alpha value is -2.84. The molecular formula is C23H34N2O6. The fourth-order valence-corrected chi connectivity index (χ4v) is 3.27. The third kappa shape index (κ3) is 6.32. The second kappa shape index (κ2) is 12.1. The summed E-state index contributed by atoms with van der Waals surface area (Å²) < 4.78 is 32.4. The van der Waals surface area contributed by atoms with Gasteiger partial charge in [0.05, 0.1) is 42.7 Å². The summed E-state index contributed by atoms with van der Waals surface area (Å²) in [5, 5.41) is 6.96. The van der Waals surface area contributed by atoms with E-state index in [1.54, 1.807) is 42.7 Å². The molecule has 0 bridgehead atoms. The first kappa shape index (κ1) is 24.4. The van der Waals surface area contributed by atoms with Gasteiger partial charge in [-0.3, -0.25) is 0 Å². The van der Waals surface area contributed by atoms with Gasteiger partial charge in [-0.25, -0.2) is 0 Å². The van der Waals surface area contributed by atoms with Crippen LogP contribution in [-0.4, -0.2) is 55.2 Å². The summed E-state index contributed by atoms with van der Waals surface area (Å²) in [7, 11) is 9.65. The van der Waals surface area contributed by atoms with Crippen LogP contribution in [0.2, 0.25) is 0 Å². The van der Waals surface area contributed by atoms with Crippen molar-refractivity contribution in [3.05, 3.63) is 35.4 Å². The molecule has 0 heterocycles. The predicted molar refractivity (Wildman–Crippen MR) is 120 cm³/mol. The van der Waals surface area contributed by atoms with Crippen molar-refractivity contribution in [3.8, 4) is 34.5 Å². The second-order valence-electron chi connectivity index (χ2n) is 6.98. The standard InChI is InChI=1S/C23H34N2O6/c1-15(25-14-17-10-20(28-4)23(31-7)21(11-17)29-5)12-24-13-16-8-18(26-2)22(30-6)19(9-16)27-3/h8-11,15,24-25H,12-14H2,1-7H3. The number of nitrogens with one attached hydrogen (secondary N) is 2. The summed E-state index contributed by atoms with van der Waals surface area (Å²) in [6, 6.07) is 8.03. The van der Waals surface area contributed by atoms with Gasteiger partial charge in [-0.15, -0.1) is 0 Å². The Kier molecular flexibility index (Phi) is 9.55. The Labute approximate surface area is 184 Å². The monoisotopic (exact) mass is 434 g/mol. The highest BCUT2D eigenvalue weighted by Crippen LogP contribution is 2.39. The minimum absolute atomic E-state index is 0.237. The third-order valence-corrected chi connectivity index (χ3v) is 4.88. The Morgan fingerprint density at radius 2 is 1.00 bits per heavy atom. The molecule has 31 heavy (non-hydrogen) atoms. The maximum Gasteiger partial charge on any atom is 0.203 e. The first-order chi connectivity index (χ1) is 15.0. The van der Waals surface area contributed by atoms with E-state index in [2.05, 4.69) is 17.6 Å². The summed E-state index contributed by atoms with van der Waals surface area (Å²) in [5.41, 5.74) is 2.09. The molecular weight excluding hydrogens is 400 g/mol. The summed E-state index contributed by atoms with van der Waals surface area (Å²) in [6.45, 7) is 4.25. The molecule has 2 aromatic rings. The highest BCUT2D eigenvalue weighted by atomic mass is 16.5. The fourth-order valence-electron chi connectivity index (χ4n) is 3.27. The maximum absolute atomic E-state index is 5.42. The number of hydrogen-bond donors (Lipinski definition) is 2. The van der Waals surface area contributed by atoms with Crippen LogP contribution in [0.4, 0.5) is 0 Å². The zero-order valence-corrected chi connectivity index (χ0v) is 19.5. The number of methoxy groups -OCH3 is 6. The van der Waals surface area contributed by atoms with Gasteiger partial charge in [0.1, 0.15) is 0 Å². The van der Waals surface area contributed by atoms with Gasteiger partial charge in [-0.2, -0.15) is 0 Å². The average molecular weight is 435 g/mol. The Bertz CT molecular complexity index is 793. The molecule has 0 aromatic heterocycles. The molecule has 2 aromatic carbocycles. The molecule has 1 atom stereocenters. The zero-order chi connectivity index (χ0) is 22.8. The molecule has 0 saturated carbocycles. The molecule has 0 aliphatic heterocycles. The molecule has 0 radical (unpaired) electrons. The van der Waals surface area contributed by atoms with E-state index >= 15 is 0 Å². The Morgan fingerprint density at radius 3 is 1.35 bits per heavy atom. The second-order valence-corrected chi connectivity index (χ2v) is 6.98. The van der Waals surface area contributed by atoms with Gasteiger partial charge in [-0.05, 0) is 42.3 Å². The van der Waals surface area contributed by atoms with E-state index in [0.29, 0.717) is 47.6 Å². The van der Waals surface area contributed by atoms with Crippen LogP contribution >= 0.6 is 0 Å². The molecule has 172 valence electrons. The van der Waals surface area contributed by atoms with Crippen molar-refractivity contribution < 1.29 is 28.4 Å². The summed E-state index contributed by atoms with van der Waals surface area (Å²) in [5.74, 6) is 3.76. The molecule has 8 nitrogen and oxygen atoms in total. The average Bonchev–Trinajstić information content (AvgIpc) is 2.80. The lowest BCUT2D eigenvalue weighted by molar-refractivity contribution is 0.323. The largest absolute Gasteiger partial charge is 0.493 e. The van der Waals surface area contributed by atoms with Crippen molar-refractivity contribution in [2.24, 2.45) is 0 Å². The number of hydrogen-bond acceptors (Lipinski definition) is 8. The molecule has 0 saturated heterocycles. The summed E-state index contributed by atoms with van der Waals surface area (Å²) in [6.07, 6.45) is 0. The zero-order valence-electron chi connectivity index (χ0n) is 19.5. The van der Waals surface area contributed by atoms with E-state index in [4.69, 9.17) is 28.4 Å². The van der Waals surface area contributed by atoms with Crippen LogP contribution in [-0.2, 0) is 13.1 Å². The minimum atomic E-state index is 0.237. The normalized spacial score (nSPS) is 11.6. The van der Waals surface area contributed by atoms with E-state index in [9.17, 15) is 0 Å². The lowest BCUT2D eigenvalue weighted by Crippen LogP contribution is -2.35. The van der Waals surface area contributed by atoms with Crippen molar-refractivity contribution in [1.82, 2.24) is 10.6 Å². The highest BCUT2D eigenvalue weighted by Gasteiger charge is 2.15. The van der Waals surface area contributed by atoms with Crippen molar-refractivity contribution >= 4 is 0 Å². The van der Waals surface area contributed by atoms with Crippen LogP contribution in [0.15, 0.2) is 24.3 Å². The first-order valence-corrected chi connectivity index (χ1v) is 10.0. The summed E-state index contributed by atoms with van der Waals surface area (Å²) >= 11 is 0. The molecule has 0 aliphatic carbocycles. The van der Waals surface area contributed by atoms with Gasteiger partial charge in [0.15, 0.2) is 23.0 Å². The number of ether oxygens (including phenoxy) is 6. The minimum Gasteiger partial charge on any atom is -0.493 e. The van der Waals surface area contributed by atoms with Crippen LogP contribution in [0.3, 0.4) is 0 Å². The van der Waals surface area contributed by atoms with E-state index < -0.39 is 0 Å². The quantitative estimate of drug-likeness (QED) is 0.498. The van der Waals surface area contributed by atoms with Gasteiger partial charge >= 0.3 is 0 Å². The van der Waals surface area contributed by atoms with Crippen LogP contribution in [0.1, 0.15) is 18.1 Å². The number of rotatable bonds is 13. The smallest absolute Gasteiger partial charge is 0.203 e. The van der Waals surface area contributed by atoms with Crippen LogP contribution in [0, 0.1) is 0 Å². The van der Waals surface area contributed by atoms with E-state index in [1.807, 2.05) is 24.3 Å². The Balaban J connectivity index is 1.93. The molecule has 2 rings (SSSR count). The SMILES string of the molecule is COc1cc(CNCC(C)NCc2cc(OC)c(OC)c(OC)c2)cc(OC)c1OC. The molecule has 0 aliphatic rings. The predicted octanol–water partition coefficient (Wildman–Crippen LogP) is 3.01. The van der Waals surface area contributed by atoms with Gasteiger partial charge in [-0.1, -0.05) is 0 Å². The van der Waals surface area contributed by atoms with E-state index in [1.165, 1.54) is 0 Å². The van der Waals surface area contributed by atoms with Crippen LogP contribution in [0.5, 0.6) is 34.5 Å². The molecule has 0 spiro atoms. The lowest BCUT2D eigenvalue weighted by atomic mass is 10.1. The number of benzene rings is 2.